The average molecular weight is 240 g/mol. The molecule has 0 aromatic rings. The number of nitrogens with one attached hydrogen (secondary N) is 2. The molecule has 0 aromatic heterocycles. The van der Waals surface area contributed by atoms with Crippen LogP contribution in [0.1, 0.15) is 12.8 Å². The highest BCUT2D eigenvalue weighted by Gasteiger charge is 2.22. The number of likely N-dealkylation sites (tertiary alicyclic amines) is 1. The van der Waals surface area contributed by atoms with E-state index in [0.29, 0.717) is 0 Å². The smallest absolute Gasteiger partial charge is 0.317 e. The van der Waals surface area contributed by atoms with Gasteiger partial charge in [-0.1, -0.05) is 0 Å². The fourth-order valence-electron chi connectivity index (χ4n) is 2.69. The van der Waals surface area contributed by atoms with E-state index in [1.54, 1.807) is 0 Å². The lowest BCUT2D eigenvalue weighted by atomic mass is 9.97. The molecule has 0 spiro atoms. The van der Waals surface area contributed by atoms with E-state index < -0.39 is 0 Å². The second kappa shape index (κ2) is 6.21. The molecule has 2 aliphatic heterocycles. The summed E-state index contributed by atoms with van der Waals surface area (Å²) in [6.45, 7) is 7.09. The lowest BCUT2D eigenvalue weighted by Crippen LogP contribution is -2.41. The van der Waals surface area contributed by atoms with Crippen molar-refractivity contribution in [3.63, 3.8) is 0 Å². The van der Waals surface area contributed by atoms with Gasteiger partial charge in [0.25, 0.3) is 0 Å². The van der Waals surface area contributed by atoms with Crippen molar-refractivity contribution in [1.82, 2.24) is 20.4 Å². The minimum atomic E-state index is 0.107. The van der Waals surface area contributed by atoms with E-state index in [-0.39, 0.29) is 6.03 Å². The molecule has 2 heterocycles. The standard InChI is InChI=1S/C12H24N4O/c1-13-10-11-2-5-15(6-3-11)8-9-16-7-4-14-12(16)17/h11,13H,2-10H2,1H3,(H,14,17). The van der Waals surface area contributed by atoms with Gasteiger partial charge in [-0.05, 0) is 45.4 Å². The third-order valence-electron chi connectivity index (χ3n) is 3.83. The largest absolute Gasteiger partial charge is 0.336 e. The van der Waals surface area contributed by atoms with Gasteiger partial charge in [0.15, 0.2) is 0 Å². The molecule has 2 N–H and O–H groups in total. The lowest BCUT2D eigenvalue weighted by Gasteiger charge is -2.32. The van der Waals surface area contributed by atoms with Crippen LogP contribution in [0.5, 0.6) is 0 Å². The van der Waals surface area contributed by atoms with Crippen LogP contribution in [0.15, 0.2) is 0 Å². The molecule has 98 valence electrons. The zero-order valence-electron chi connectivity index (χ0n) is 10.7. The quantitative estimate of drug-likeness (QED) is 0.708. The molecule has 0 atom stereocenters. The summed E-state index contributed by atoms with van der Waals surface area (Å²) in [5.74, 6) is 0.839. The molecular formula is C12H24N4O. The van der Waals surface area contributed by atoms with Crippen LogP contribution < -0.4 is 10.6 Å². The number of urea groups is 1. The average Bonchev–Trinajstić information content (AvgIpc) is 2.75. The highest BCUT2D eigenvalue weighted by Crippen LogP contribution is 2.16. The number of carbonyl (C=O) groups is 1. The van der Waals surface area contributed by atoms with E-state index in [4.69, 9.17) is 0 Å². The summed E-state index contributed by atoms with van der Waals surface area (Å²) >= 11 is 0. The molecule has 0 aliphatic carbocycles. The first-order valence-corrected chi connectivity index (χ1v) is 6.69. The first kappa shape index (κ1) is 12.6. The Labute approximate surface area is 104 Å². The molecule has 0 unspecified atom stereocenters. The van der Waals surface area contributed by atoms with E-state index in [1.807, 2.05) is 11.9 Å². The summed E-state index contributed by atoms with van der Waals surface area (Å²) in [5.41, 5.74) is 0. The maximum absolute atomic E-state index is 11.4. The number of carbonyl (C=O) groups excluding carboxylic acids is 1. The van der Waals surface area contributed by atoms with E-state index in [1.165, 1.54) is 25.9 Å². The second-order valence-corrected chi connectivity index (χ2v) is 5.06. The van der Waals surface area contributed by atoms with Crippen molar-refractivity contribution in [1.29, 1.82) is 0 Å². The van der Waals surface area contributed by atoms with Crippen LogP contribution in [0.25, 0.3) is 0 Å². The van der Waals surface area contributed by atoms with Crippen molar-refractivity contribution in [2.45, 2.75) is 12.8 Å². The number of nitrogens with zero attached hydrogens (tertiary/aromatic N) is 2. The molecule has 5 nitrogen and oxygen atoms in total. The maximum Gasteiger partial charge on any atom is 0.317 e. The first-order chi connectivity index (χ1) is 8.29. The van der Waals surface area contributed by atoms with E-state index in [2.05, 4.69) is 15.5 Å². The Morgan fingerprint density at radius 2 is 2.06 bits per heavy atom. The maximum atomic E-state index is 11.4. The molecule has 2 saturated heterocycles. The monoisotopic (exact) mass is 240 g/mol. The minimum absolute atomic E-state index is 0.107. The van der Waals surface area contributed by atoms with Crippen LogP contribution in [0.3, 0.4) is 0 Å². The number of amides is 2. The highest BCUT2D eigenvalue weighted by atomic mass is 16.2. The zero-order valence-corrected chi connectivity index (χ0v) is 10.7. The summed E-state index contributed by atoms with van der Waals surface area (Å²) in [6.07, 6.45) is 2.57. The Hall–Kier alpha value is -0.810. The van der Waals surface area contributed by atoms with Gasteiger partial charge in [0, 0.05) is 26.2 Å². The van der Waals surface area contributed by atoms with E-state index >= 15 is 0 Å². The van der Waals surface area contributed by atoms with Gasteiger partial charge in [0.1, 0.15) is 0 Å². The van der Waals surface area contributed by atoms with Crippen LogP contribution in [0, 0.1) is 5.92 Å². The third-order valence-corrected chi connectivity index (χ3v) is 3.83. The van der Waals surface area contributed by atoms with Gasteiger partial charge in [-0.15, -0.1) is 0 Å². The summed E-state index contributed by atoms with van der Waals surface area (Å²) in [6, 6.07) is 0.107. The van der Waals surface area contributed by atoms with Gasteiger partial charge in [0.2, 0.25) is 0 Å². The normalized spacial score (nSPS) is 23.1. The van der Waals surface area contributed by atoms with Gasteiger partial charge in [0.05, 0.1) is 0 Å². The molecule has 0 radical (unpaired) electrons. The van der Waals surface area contributed by atoms with Gasteiger partial charge in [-0.25, -0.2) is 4.79 Å². The van der Waals surface area contributed by atoms with Gasteiger partial charge >= 0.3 is 6.03 Å². The van der Waals surface area contributed by atoms with E-state index in [9.17, 15) is 4.79 Å². The predicted molar refractivity (Wildman–Crippen MR) is 68.1 cm³/mol. The Balaban J connectivity index is 1.63. The summed E-state index contributed by atoms with van der Waals surface area (Å²) in [4.78, 5) is 15.8. The molecule has 0 bridgehead atoms. The van der Waals surface area contributed by atoms with Crippen molar-refractivity contribution in [3.05, 3.63) is 0 Å². The van der Waals surface area contributed by atoms with Crippen LogP contribution in [-0.2, 0) is 0 Å². The molecular weight excluding hydrogens is 216 g/mol. The first-order valence-electron chi connectivity index (χ1n) is 6.69. The number of hydrogen-bond donors (Lipinski definition) is 2. The highest BCUT2D eigenvalue weighted by molar-refractivity contribution is 5.76. The molecule has 2 aliphatic rings. The Morgan fingerprint density at radius 3 is 2.65 bits per heavy atom. The van der Waals surface area contributed by atoms with Crippen molar-refractivity contribution >= 4 is 6.03 Å². The summed E-state index contributed by atoms with van der Waals surface area (Å²) in [7, 11) is 2.03. The van der Waals surface area contributed by atoms with Gasteiger partial charge < -0.3 is 20.4 Å². The topological polar surface area (TPSA) is 47.6 Å². The molecule has 0 saturated carbocycles. The van der Waals surface area contributed by atoms with Crippen LogP contribution in [0.2, 0.25) is 0 Å². The molecule has 2 amide bonds. The number of hydrogen-bond acceptors (Lipinski definition) is 3. The second-order valence-electron chi connectivity index (χ2n) is 5.06. The van der Waals surface area contributed by atoms with Crippen LogP contribution in [-0.4, -0.2) is 68.7 Å². The Bertz CT molecular complexity index is 251. The third kappa shape index (κ3) is 3.57. The Kier molecular flexibility index (Phi) is 4.62. The number of rotatable bonds is 5. The minimum Gasteiger partial charge on any atom is -0.336 e. The van der Waals surface area contributed by atoms with Crippen molar-refractivity contribution in [2.75, 3.05) is 52.9 Å². The van der Waals surface area contributed by atoms with E-state index in [0.717, 1.165) is 38.6 Å². The molecule has 2 fully saturated rings. The SMILES string of the molecule is CNCC1CCN(CCN2CCNC2=O)CC1. The molecule has 5 heteroatoms. The lowest BCUT2D eigenvalue weighted by molar-refractivity contribution is 0.164. The predicted octanol–water partition coefficient (Wildman–Crippen LogP) is -0.0570. The van der Waals surface area contributed by atoms with Gasteiger partial charge in [-0.2, -0.15) is 0 Å². The van der Waals surface area contributed by atoms with Crippen LogP contribution >= 0.6 is 0 Å². The number of piperidine rings is 1. The van der Waals surface area contributed by atoms with Crippen molar-refractivity contribution in [2.24, 2.45) is 5.92 Å². The molecule has 0 aromatic carbocycles. The fraction of sp³-hybridized carbons (Fsp3) is 0.917. The van der Waals surface area contributed by atoms with Crippen molar-refractivity contribution in [3.8, 4) is 0 Å². The van der Waals surface area contributed by atoms with Crippen molar-refractivity contribution < 1.29 is 4.79 Å². The molecule has 2 rings (SSSR count). The molecule has 17 heavy (non-hydrogen) atoms. The summed E-state index contributed by atoms with van der Waals surface area (Å²) < 4.78 is 0. The Morgan fingerprint density at radius 1 is 1.29 bits per heavy atom. The fourth-order valence-corrected chi connectivity index (χ4v) is 2.69. The zero-order chi connectivity index (χ0) is 12.1. The van der Waals surface area contributed by atoms with Gasteiger partial charge in [-0.3, -0.25) is 0 Å². The summed E-state index contributed by atoms with van der Waals surface area (Å²) in [5, 5.41) is 6.10. The van der Waals surface area contributed by atoms with Crippen LogP contribution in [0.4, 0.5) is 4.79 Å².